The maximum Gasteiger partial charge on any atom is 0.151 e. The standard InChI is InChI=1S/C18H18NO4.Y/c1-11-12(2)16(10-21)19(3)8-14(11)13-6-17(22-4)15(9-20)18(7-13)23-5;/h6-8H,1-5H3;/q-1;. The Hall–Kier alpha value is -1.68. The molecule has 0 saturated carbocycles. The predicted molar refractivity (Wildman–Crippen MR) is 87.7 cm³/mol. The quantitative estimate of drug-likeness (QED) is 0.573. The minimum Gasteiger partial charge on any atom is -0.553 e. The zero-order chi connectivity index (χ0) is 17.1. The number of ether oxygens (including phenoxy) is 2. The SMILES string of the molecule is COc1cc(C2=CN(C)C(=C=O)C(C)=C2C)cc(OC)c1[C-]=O.[Y]. The van der Waals surface area contributed by atoms with Gasteiger partial charge in [-0.15, -0.1) is 0 Å². The molecule has 5 nitrogen and oxygen atoms in total. The summed E-state index contributed by atoms with van der Waals surface area (Å²) < 4.78 is 10.5. The van der Waals surface area contributed by atoms with E-state index in [4.69, 9.17) is 9.47 Å². The number of nitrogens with zero attached hydrogens (tertiary/aromatic N) is 1. The van der Waals surface area contributed by atoms with E-state index in [1.165, 1.54) is 14.2 Å². The molecule has 1 aromatic carbocycles. The van der Waals surface area contributed by atoms with Crippen LogP contribution < -0.4 is 9.47 Å². The first-order chi connectivity index (χ1) is 11.0. The van der Waals surface area contributed by atoms with Crippen molar-refractivity contribution in [1.29, 1.82) is 0 Å². The fourth-order valence-electron chi connectivity index (χ4n) is 2.61. The first-order valence-electron chi connectivity index (χ1n) is 7.01. The minimum absolute atomic E-state index is 0. The second-order valence-electron chi connectivity index (χ2n) is 5.21. The van der Waals surface area contributed by atoms with Crippen molar-refractivity contribution in [3.8, 4) is 11.5 Å². The van der Waals surface area contributed by atoms with Crippen LogP contribution in [-0.4, -0.2) is 38.4 Å². The molecule has 0 aliphatic carbocycles. The molecular weight excluding hydrogens is 383 g/mol. The molecule has 123 valence electrons. The first-order valence-corrected chi connectivity index (χ1v) is 7.01. The molecule has 24 heavy (non-hydrogen) atoms. The van der Waals surface area contributed by atoms with Crippen LogP contribution in [0.15, 0.2) is 35.2 Å². The second-order valence-corrected chi connectivity index (χ2v) is 5.21. The molecule has 0 atom stereocenters. The van der Waals surface area contributed by atoms with Crippen LogP contribution in [0.1, 0.15) is 25.0 Å². The molecule has 0 fully saturated rings. The molecule has 2 rings (SSSR count). The summed E-state index contributed by atoms with van der Waals surface area (Å²) in [6, 6.07) is 3.52. The van der Waals surface area contributed by atoms with Crippen molar-refractivity contribution in [3.05, 3.63) is 46.3 Å². The van der Waals surface area contributed by atoms with Gasteiger partial charge in [-0.3, -0.25) is 0 Å². The van der Waals surface area contributed by atoms with Crippen LogP contribution in [0.4, 0.5) is 0 Å². The normalized spacial score (nSPS) is 13.8. The van der Waals surface area contributed by atoms with Gasteiger partial charge in [0.1, 0.15) is 5.70 Å². The summed E-state index contributed by atoms with van der Waals surface area (Å²) in [5, 5.41) is 0. The Morgan fingerprint density at radius 2 is 1.62 bits per heavy atom. The molecule has 0 aromatic heterocycles. The third-order valence-corrected chi connectivity index (χ3v) is 4.01. The van der Waals surface area contributed by atoms with Gasteiger partial charge in [0.05, 0.1) is 20.5 Å². The van der Waals surface area contributed by atoms with E-state index in [2.05, 4.69) is 0 Å². The van der Waals surface area contributed by atoms with E-state index in [-0.39, 0.29) is 38.3 Å². The summed E-state index contributed by atoms with van der Waals surface area (Å²) in [4.78, 5) is 24.0. The first kappa shape index (κ1) is 20.4. The van der Waals surface area contributed by atoms with E-state index in [1.807, 2.05) is 32.3 Å². The van der Waals surface area contributed by atoms with E-state index < -0.39 is 0 Å². The molecule has 0 unspecified atom stereocenters. The molecule has 1 aliphatic heterocycles. The number of carbonyl (C=O) groups excluding carboxylic acids is 2. The Kier molecular flexibility index (Phi) is 7.15. The number of hydrogen-bond acceptors (Lipinski definition) is 5. The topological polar surface area (TPSA) is 55.8 Å². The summed E-state index contributed by atoms with van der Waals surface area (Å²) in [6.07, 6.45) is 3.69. The maximum absolute atomic E-state index is 11.1. The van der Waals surface area contributed by atoms with Gasteiger partial charge in [-0.25, -0.2) is 4.79 Å². The van der Waals surface area contributed by atoms with Gasteiger partial charge in [0.15, 0.2) is 5.94 Å². The van der Waals surface area contributed by atoms with Crippen molar-refractivity contribution < 1.29 is 51.8 Å². The van der Waals surface area contributed by atoms with Gasteiger partial charge in [-0.2, -0.15) is 0 Å². The smallest absolute Gasteiger partial charge is 0.151 e. The molecule has 0 amide bonds. The third kappa shape index (κ3) is 3.54. The Morgan fingerprint density at radius 1 is 1.08 bits per heavy atom. The molecule has 0 N–H and O–H groups in total. The van der Waals surface area contributed by atoms with Crippen molar-refractivity contribution in [2.24, 2.45) is 0 Å². The monoisotopic (exact) mass is 401 g/mol. The van der Waals surface area contributed by atoms with E-state index >= 15 is 0 Å². The molecule has 0 saturated heterocycles. The summed E-state index contributed by atoms with van der Waals surface area (Å²) >= 11 is 0. The van der Waals surface area contributed by atoms with Crippen LogP contribution >= 0.6 is 0 Å². The van der Waals surface area contributed by atoms with Gasteiger partial charge < -0.3 is 19.2 Å². The summed E-state index contributed by atoms with van der Waals surface area (Å²) in [5.74, 6) is 2.74. The van der Waals surface area contributed by atoms with Crippen molar-refractivity contribution in [3.63, 3.8) is 0 Å². The summed E-state index contributed by atoms with van der Waals surface area (Å²) in [6.45, 7) is 3.81. The van der Waals surface area contributed by atoms with E-state index in [1.54, 1.807) is 24.1 Å². The van der Waals surface area contributed by atoms with Crippen molar-refractivity contribution >= 4 is 17.8 Å². The fourth-order valence-corrected chi connectivity index (χ4v) is 2.61. The molecule has 1 aromatic rings. The predicted octanol–water partition coefficient (Wildman–Crippen LogP) is 2.50. The fraction of sp³-hybridized carbons (Fsp3) is 0.278. The Bertz CT molecular complexity index is 748. The molecule has 1 heterocycles. The van der Waals surface area contributed by atoms with Crippen LogP contribution in [0.2, 0.25) is 0 Å². The molecule has 0 spiro atoms. The van der Waals surface area contributed by atoms with Gasteiger partial charge >= 0.3 is 0 Å². The summed E-state index contributed by atoms with van der Waals surface area (Å²) in [7, 11) is 4.77. The van der Waals surface area contributed by atoms with Crippen LogP contribution in [0.5, 0.6) is 11.5 Å². The molecule has 1 radical (unpaired) electrons. The maximum atomic E-state index is 11.1. The Labute approximate surface area is 166 Å². The van der Waals surface area contributed by atoms with Crippen molar-refractivity contribution in [1.82, 2.24) is 4.90 Å². The largest absolute Gasteiger partial charge is 0.553 e. The Morgan fingerprint density at radius 3 is 2.04 bits per heavy atom. The number of hydrogen-bond donors (Lipinski definition) is 0. The van der Waals surface area contributed by atoms with Crippen LogP contribution in [0, 0.1) is 0 Å². The van der Waals surface area contributed by atoms with Gasteiger partial charge in [0, 0.05) is 57.5 Å². The molecule has 0 bridgehead atoms. The van der Waals surface area contributed by atoms with Gasteiger partial charge in [0.2, 0.25) is 0 Å². The van der Waals surface area contributed by atoms with Gasteiger partial charge in [-0.1, -0.05) is 17.7 Å². The number of benzene rings is 1. The number of methoxy groups -OCH3 is 2. The third-order valence-electron chi connectivity index (χ3n) is 4.01. The minimum atomic E-state index is 0. The van der Waals surface area contributed by atoms with E-state index in [0.717, 1.165) is 22.3 Å². The summed E-state index contributed by atoms with van der Waals surface area (Å²) in [5.41, 5.74) is 4.29. The number of allylic oxidation sites excluding steroid dienone is 3. The van der Waals surface area contributed by atoms with E-state index in [9.17, 15) is 9.59 Å². The number of rotatable bonds is 4. The van der Waals surface area contributed by atoms with Crippen LogP contribution in [0.25, 0.3) is 5.57 Å². The van der Waals surface area contributed by atoms with Gasteiger partial charge in [-0.05, 0) is 36.1 Å². The average molecular weight is 401 g/mol. The average Bonchev–Trinajstić information content (AvgIpc) is 2.57. The van der Waals surface area contributed by atoms with Crippen molar-refractivity contribution in [2.45, 2.75) is 13.8 Å². The molecular formula is C18H18NO4Y-. The van der Waals surface area contributed by atoms with Crippen molar-refractivity contribution in [2.75, 3.05) is 21.3 Å². The zero-order valence-electron chi connectivity index (χ0n) is 14.4. The van der Waals surface area contributed by atoms with E-state index in [0.29, 0.717) is 17.2 Å². The molecule has 1 aliphatic rings. The Balaban J connectivity index is 0.00000288. The van der Waals surface area contributed by atoms with Crippen LogP contribution in [0.3, 0.4) is 0 Å². The zero-order valence-corrected chi connectivity index (χ0v) is 17.2. The number of likely N-dealkylation sites (N-methyl/N-ethyl adjacent to an activating group) is 1. The van der Waals surface area contributed by atoms with Gasteiger partial charge in [0.25, 0.3) is 0 Å². The molecule has 6 heteroatoms. The van der Waals surface area contributed by atoms with Crippen LogP contribution in [-0.2, 0) is 42.3 Å². The second kappa shape index (κ2) is 8.43.